The van der Waals surface area contributed by atoms with Crippen LogP contribution < -0.4 is 20.5 Å². The van der Waals surface area contributed by atoms with Gasteiger partial charge in [-0.2, -0.15) is 10.5 Å². The first-order chi connectivity index (χ1) is 15.3. The molecule has 0 bridgehead atoms. The predicted molar refractivity (Wildman–Crippen MR) is 124 cm³/mol. The molecule has 32 heavy (non-hydrogen) atoms. The minimum Gasteiger partial charge on any atom is -0.384 e. The van der Waals surface area contributed by atoms with E-state index in [1.807, 2.05) is 12.1 Å². The Balaban J connectivity index is 2.10. The minimum absolute atomic E-state index is 0.00390. The first-order valence-corrected chi connectivity index (χ1v) is 11.3. The number of nitrogens with two attached hydrogens (primary N) is 1. The molecular formula is C22H10Br2F2N4OS. The number of nitriles is 2. The van der Waals surface area contributed by atoms with Crippen LogP contribution in [-0.4, -0.2) is 4.57 Å². The van der Waals surface area contributed by atoms with Gasteiger partial charge in [0.25, 0.3) is 5.56 Å². The summed E-state index contributed by atoms with van der Waals surface area (Å²) in [6.07, 6.45) is 1.35. The monoisotopic (exact) mass is 574 g/mol. The van der Waals surface area contributed by atoms with E-state index in [1.165, 1.54) is 42.5 Å². The maximum Gasteiger partial charge on any atom is 0.274 e. The number of hydrogen-bond acceptors (Lipinski definition) is 5. The first-order valence-electron chi connectivity index (χ1n) is 8.94. The molecule has 2 heterocycles. The highest BCUT2D eigenvalue weighted by molar-refractivity contribution is 9.10. The van der Waals surface area contributed by atoms with E-state index in [4.69, 9.17) is 5.73 Å². The molecule has 158 valence electrons. The van der Waals surface area contributed by atoms with E-state index in [0.717, 1.165) is 15.9 Å². The molecule has 0 radical (unpaired) electrons. The Morgan fingerprint density at radius 1 is 1.03 bits per heavy atom. The van der Waals surface area contributed by atoms with Crippen LogP contribution >= 0.6 is 43.2 Å². The zero-order valence-electron chi connectivity index (χ0n) is 15.9. The van der Waals surface area contributed by atoms with E-state index in [9.17, 15) is 24.1 Å². The van der Waals surface area contributed by atoms with Crippen LogP contribution in [0, 0.1) is 34.3 Å². The molecule has 0 amide bonds. The summed E-state index contributed by atoms with van der Waals surface area (Å²) in [7, 11) is 0. The second-order valence-corrected chi connectivity index (χ2v) is 9.62. The van der Waals surface area contributed by atoms with Crippen LogP contribution in [0.15, 0.2) is 55.7 Å². The van der Waals surface area contributed by atoms with E-state index in [-0.39, 0.29) is 37.3 Å². The van der Waals surface area contributed by atoms with Gasteiger partial charge in [0.15, 0.2) is 0 Å². The Bertz CT molecular complexity index is 1590. The maximum absolute atomic E-state index is 14.7. The third-order valence-corrected chi connectivity index (χ3v) is 7.00. The molecule has 10 heteroatoms. The molecule has 0 saturated heterocycles. The zero-order valence-corrected chi connectivity index (χ0v) is 19.9. The molecule has 2 aromatic carbocycles. The lowest BCUT2D eigenvalue weighted by molar-refractivity contribution is 0.608. The summed E-state index contributed by atoms with van der Waals surface area (Å²) in [6, 6.07) is 12.4. The summed E-state index contributed by atoms with van der Waals surface area (Å²) >= 11 is 7.46. The summed E-state index contributed by atoms with van der Waals surface area (Å²) in [5, 5.41) is 19.7. The van der Waals surface area contributed by atoms with E-state index < -0.39 is 23.1 Å². The molecule has 0 aliphatic carbocycles. The van der Waals surface area contributed by atoms with Gasteiger partial charge in [0.05, 0.1) is 33.7 Å². The van der Waals surface area contributed by atoms with Crippen molar-refractivity contribution in [1.29, 1.82) is 10.5 Å². The lowest BCUT2D eigenvalue weighted by Gasteiger charge is -2.22. The van der Waals surface area contributed by atoms with E-state index in [1.54, 1.807) is 0 Å². The van der Waals surface area contributed by atoms with Gasteiger partial charge in [-0.1, -0.05) is 31.9 Å². The van der Waals surface area contributed by atoms with Crippen molar-refractivity contribution in [3.63, 3.8) is 0 Å². The third-order valence-electron chi connectivity index (χ3n) is 4.90. The number of rotatable bonds is 2. The Kier molecular flexibility index (Phi) is 5.87. The molecule has 4 rings (SSSR count). The number of nitrogens with zero attached hydrogens (tertiary/aromatic N) is 3. The van der Waals surface area contributed by atoms with Gasteiger partial charge in [0.1, 0.15) is 22.1 Å². The Morgan fingerprint density at radius 2 is 1.66 bits per heavy atom. The maximum atomic E-state index is 14.7. The summed E-state index contributed by atoms with van der Waals surface area (Å²) in [6.45, 7) is 0. The number of halogens is 4. The summed E-state index contributed by atoms with van der Waals surface area (Å²) < 4.78 is 31.4. The van der Waals surface area contributed by atoms with E-state index in [2.05, 4.69) is 31.9 Å². The van der Waals surface area contributed by atoms with Gasteiger partial charge in [0.2, 0.25) is 0 Å². The van der Waals surface area contributed by atoms with Crippen LogP contribution in [0.25, 0.3) is 17.5 Å². The highest BCUT2D eigenvalue weighted by Crippen LogP contribution is 2.37. The van der Waals surface area contributed by atoms with Crippen molar-refractivity contribution in [3.05, 3.63) is 93.2 Å². The van der Waals surface area contributed by atoms with Crippen molar-refractivity contribution in [2.24, 2.45) is 5.73 Å². The second kappa shape index (κ2) is 8.47. The Hall–Kier alpha value is -3.05. The van der Waals surface area contributed by atoms with Crippen molar-refractivity contribution in [2.75, 3.05) is 0 Å². The fraction of sp³-hybridized carbons (Fsp3) is 0.0455. The number of allylic oxidation sites excluding steroid dienone is 1. The number of hydrogen-bond donors (Lipinski definition) is 1. The van der Waals surface area contributed by atoms with Crippen molar-refractivity contribution in [1.82, 2.24) is 4.57 Å². The van der Waals surface area contributed by atoms with Crippen LogP contribution in [0.1, 0.15) is 17.0 Å². The lowest BCUT2D eigenvalue weighted by atomic mass is 9.84. The topological polar surface area (TPSA) is 95.6 Å². The van der Waals surface area contributed by atoms with E-state index in [0.29, 0.717) is 8.95 Å². The minimum atomic E-state index is -1.09. The largest absolute Gasteiger partial charge is 0.384 e. The molecule has 3 aromatic rings. The fourth-order valence-electron chi connectivity index (χ4n) is 3.46. The second-order valence-electron chi connectivity index (χ2n) is 6.76. The predicted octanol–water partition coefficient (Wildman–Crippen LogP) is 3.66. The molecule has 0 saturated carbocycles. The van der Waals surface area contributed by atoms with E-state index >= 15 is 0 Å². The third kappa shape index (κ3) is 3.61. The smallest absolute Gasteiger partial charge is 0.274 e. The average Bonchev–Trinajstić information content (AvgIpc) is 3.08. The first kappa shape index (κ1) is 22.2. The molecule has 0 fully saturated rings. The molecule has 0 spiro atoms. The zero-order chi connectivity index (χ0) is 23.2. The van der Waals surface area contributed by atoms with Crippen LogP contribution in [0.2, 0.25) is 0 Å². The van der Waals surface area contributed by atoms with Gasteiger partial charge in [-0.3, -0.25) is 9.36 Å². The number of benzene rings is 2. The standard InChI is InChI=1S/C22H10Br2F2N4OS/c23-11-1-3-16(25)10(5-11)6-18-21(31)30-20(29)14(8-27)19(15(9-28)22(30)32-18)13-7-12(24)2-4-17(13)26/h1-7,19H,29H2/b18-6-. The number of thiazole rings is 1. The highest BCUT2D eigenvalue weighted by Gasteiger charge is 2.33. The van der Waals surface area contributed by atoms with Crippen molar-refractivity contribution >= 4 is 60.7 Å². The molecule has 1 aliphatic heterocycles. The van der Waals surface area contributed by atoms with Gasteiger partial charge < -0.3 is 5.73 Å². The average molecular weight is 576 g/mol. The van der Waals surface area contributed by atoms with Crippen molar-refractivity contribution in [2.45, 2.75) is 5.92 Å². The van der Waals surface area contributed by atoms with Crippen LogP contribution in [0.5, 0.6) is 0 Å². The normalized spacial score (nSPS) is 16.0. The molecule has 1 unspecified atom stereocenters. The van der Waals surface area contributed by atoms with Gasteiger partial charge in [-0.15, -0.1) is 11.3 Å². The molecule has 1 aliphatic rings. The molecular weight excluding hydrogens is 566 g/mol. The molecule has 2 N–H and O–H groups in total. The summed E-state index contributed by atoms with van der Waals surface area (Å²) in [5.74, 6) is -2.44. The van der Waals surface area contributed by atoms with Crippen molar-refractivity contribution in [3.8, 4) is 12.1 Å². The molecule has 1 atom stereocenters. The quantitative estimate of drug-likeness (QED) is 0.504. The molecule has 5 nitrogen and oxygen atoms in total. The Morgan fingerprint density at radius 3 is 2.31 bits per heavy atom. The van der Waals surface area contributed by atoms with Crippen molar-refractivity contribution < 1.29 is 8.78 Å². The van der Waals surface area contributed by atoms with Gasteiger partial charge in [-0.05, 0) is 42.5 Å². The van der Waals surface area contributed by atoms with Crippen LogP contribution in [0.3, 0.4) is 0 Å². The van der Waals surface area contributed by atoms with Gasteiger partial charge in [-0.25, -0.2) is 8.78 Å². The SMILES string of the molecule is N#CC1=C(N)n2c(s/c(=C\c3cc(Br)ccc3F)c2=O)=C(C#N)C1c1cc(Br)ccc1F. The van der Waals surface area contributed by atoms with Crippen LogP contribution in [-0.2, 0) is 0 Å². The van der Waals surface area contributed by atoms with Gasteiger partial charge >= 0.3 is 0 Å². The number of aromatic nitrogens is 1. The van der Waals surface area contributed by atoms with Crippen LogP contribution in [0.4, 0.5) is 8.78 Å². The molecule has 1 aromatic heterocycles. The highest BCUT2D eigenvalue weighted by atomic mass is 79.9. The summed E-state index contributed by atoms with van der Waals surface area (Å²) in [4.78, 5) is 13.1. The fourth-order valence-corrected chi connectivity index (χ4v) is 5.34. The van der Waals surface area contributed by atoms with Gasteiger partial charge in [0, 0.05) is 20.1 Å². The summed E-state index contributed by atoms with van der Waals surface area (Å²) in [5.41, 5.74) is 5.69. The lowest BCUT2D eigenvalue weighted by Crippen LogP contribution is -2.38. The Labute approximate surface area is 200 Å². The number of fused-ring (bicyclic) bond motifs is 1.